The van der Waals surface area contributed by atoms with Crippen LogP contribution in [0.4, 0.5) is 0 Å². The molecule has 14 heteroatoms. The number of carboxylic acids is 1. The van der Waals surface area contributed by atoms with Crippen LogP contribution < -0.4 is 38.9 Å². The summed E-state index contributed by atoms with van der Waals surface area (Å²) in [6.07, 6.45) is 0.268. The number of nitrogens with two attached hydrogens (primary N) is 4. The molecule has 0 aliphatic rings. The summed E-state index contributed by atoms with van der Waals surface area (Å²) >= 11 is 0. The number of carbonyl (C=O) groups excluding carboxylic acids is 5. The maximum absolute atomic E-state index is 12.9. The lowest BCUT2D eigenvalue weighted by molar-refractivity contribution is -0.142. The first-order valence-electron chi connectivity index (χ1n) is 11.0. The summed E-state index contributed by atoms with van der Waals surface area (Å²) in [6.45, 7) is 3.65. The van der Waals surface area contributed by atoms with Crippen molar-refractivity contribution in [3.8, 4) is 0 Å². The zero-order chi connectivity index (χ0) is 26.4. The predicted octanol–water partition coefficient (Wildman–Crippen LogP) is -3.22. The lowest BCUT2D eigenvalue weighted by Gasteiger charge is -2.27. The van der Waals surface area contributed by atoms with E-state index in [9.17, 15) is 33.9 Å². The Morgan fingerprint density at radius 3 is 1.85 bits per heavy atom. The van der Waals surface area contributed by atoms with Gasteiger partial charge in [0.25, 0.3) is 0 Å². The molecule has 0 heterocycles. The number of carboxylic acid groups (broad SMARTS) is 1. The van der Waals surface area contributed by atoms with Crippen LogP contribution in [-0.4, -0.2) is 71.3 Å². The fourth-order valence-corrected chi connectivity index (χ4v) is 2.94. The number of amides is 5. The van der Waals surface area contributed by atoms with Crippen molar-refractivity contribution in [1.29, 1.82) is 0 Å². The minimum Gasteiger partial charge on any atom is -0.480 e. The fourth-order valence-electron chi connectivity index (χ4n) is 2.94. The van der Waals surface area contributed by atoms with E-state index in [1.54, 1.807) is 13.8 Å². The number of carbonyl (C=O) groups is 6. The van der Waals surface area contributed by atoms with Gasteiger partial charge in [0.05, 0.1) is 12.5 Å². The summed E-state index contributed by atoms with van der Waals surface area (Å²) in [6, 6.07) is -4.87. The number of hydrogen-bond donors (Lipinski definition) is 8. The van der Waals surface area contributed by atoms with Crippen molar-refractivity contribution >= 4 is 35.5 Å². The van der Waals surface area contributed by atoms with Gasteiger partial charge in [0, 0.05) is 6.42 Å². The van der Waals surface area contributed by atoms with Gasteiger partial charge in [-0.2, -0.15) is 0 Å². The van der Waals surface area contributed by atoms with Crippen LogP contribution in [0.1, 0.15) is 52.4 Å². The Morgan fingerprint density at radius 1 is 0.794 bits per heavy atom. The predicted molar refractivity (Wildman–Crippen MR) is 121 cm³/mol. The summed E-state index contributed by atoms with van der Waals surface area (Å²) < 4.78 is 0. The lowest BCUT2D eigenvalue weighted by atomic mass is 10.0. The Hall–Kier alpha value is -3.26. The van der Waals surface area contributed by atoms with E-state index in [0.717, 1.165) is 0 Å². The van der Waals surface area contributed by atoms with Crippen LogP contribution in [0.15, 0.2) is 0 Å². The van der Waals surface area contributed by atoms with Crippen LogP contribution in [0.2, 0.25) is 0 Å². The highest BCUT2D eigenvalue weighted by molar-refractivity contribution is 5.95. The van der Waals surface area contributed by atoms with E-state index >= 15 is 0 Å². The summed E-state index contributed by atoms with van der Waals surface area (Å²) in [4.78, 5) is 71.4. The van der Waals surface area contributed by atoms with E-state index in [0.29, 0.717) is 19.4 Å². The van der Waals surface area contributed by atoms with Crippen molar-refractivity contribution in [2.24, 2.45) is 28.9 Å². The third-order valence-corrected chi connectivity index (χ3v) is 4.88. The molecule has 0 rings (SSSR count). The van der Waals surface area contributed by atoms with Crippen LogP contribution >= 0.6 is 0 Å². The Kier molecular flexibility index (Phi) is 14.1. The van der Waals surface area contributed by atoms with Crippen LogP contribution in [0.5, 0.6) is 0 Å². The third kappa shape index (κ3) is 12.1. The van der Waals surface area contributed by atoms with Gasteiger partial charge in [-0.05, 0) is 38.1 Å². The number of unbranched alkanes of at least 4 members (excludes halogenated alkanes) is 1. The molecule has 12 N–H and O–H groups in total. The maximum Gasteiger partial charge on any atom is 0.326 e. The molecule has 0 saturated carbocycles. The molecule has 0 aromatic heterocycles. The number of rotatable bonds is 17. The number of aliphatic carboxylic acids is 1. The second kappa shape index (κ2) is 15.6. The van der Waals surface area contributed by atoms with E-state index in [2.05, 4.69) is 16.0 Å². The summed E-state index contributed by atoms with van der Waals surface area (Å²) in [5.41, 5.74) is 21.2. The number of primary amides is 2. The van der Waals surface area contributed by atoms with E-state index in [1.165, 1.54) is 0 Å². The Bertz CT molecular complexity index is 745. The monoisotopic (exact) mass is 487 g/mol. The molecule has 0 spiro atoms. The summed E-state index contributed by atoms with van der Waals surface area (Å²) in [5.74, 6) is -5.54. The standard InChI is InChI=1S/C20H37N7O7/c1-10(2)16(27-17(30)11(22)9-15(24)29)19(32)25-12(5-3-4-8-21)18(31)26-13(20(33)34)6-7-14(23)28/h10-13,16H,3-9,21-22H2,1-2H3,(H2,23,28)(H2,24,29)(H,25,32)(H,26,31)(H,27,30)(H,33,34). The number of nitrogens with one attached hydrogen (secondary N) is 3. The lowest BCUT2D eigenvalue weighted by Crippen LogP contribution is -2.58. The van der Waals surface area contributed by atoms with Gasteiger partial charge in [-0.1, -0.05) is 13.8 Å². The van der Waals surface area contributed by atoms with Crippen molar-refractivity contribution in [1.82, 2.24) is 16.0 Å². The molecule has 0 bridgehead atoms. The minimum absolute atomic E-state index is 0.150. The molecule has 0 saturated heterocycles. The van der Waals surface area contributed by atoms with Gasteiger partial charge in [-0.25, -0.2) is 4.79 Å². The quantitative estimate of drug-likeness (QED) is 0.0957. The molecule has 0 aromatic rings. The molecular weight excluding hydrogens is 450 g/mol. The van der Waals surface area contributed by atoms with E-state index < -0.39 is 72.0 Å². The van der Waals surface area contributed by atoms with Crippen LogP contribution in [0, 0.1) is 5.92 Å². The summed E-state index contributed by atoms with van der Waals surface area (Å²) in [5, 5.41) is 16.6. The smallest absolute Gasteiger partial charge is 0.326 e. The van der Waals surface area contributed by atoms with E-state index in [1.807, 2.05) is 0 Å². The fraction of sp³-hybridized carbons (Fsp3) is 0.700. The van der Waals surface area contributed by atoms with Crippen molar-refractivity contribution < 1.29 is 33.9 Å². The van der Waals surface area contributed by atoms with Gasteiger partial charge in [-0.3, -0.25) is 24.0 Å². The highest BCUT2D eigenvalue weighted by Crippen LogP contribution is 2.08. The highest BCUT2D eigenvalue weighted by Gasteiger charge is 2.31. The normalized spacial score (nSPS) is 14.4. The molecular formula is C20H37N7O7. The van der Waals surface area contributed by atoms with Crippen molar-refractivity contribution in [3.05, 3.63) is 0 Å². The minimum atomic E-state index is -1.39. The van der Waals surface area contributed by atoms with Gasteiger partial charge >= 0.3 is 5.97 Å². The topological polar surface area (TPSA) is 263 Å². The third-order valence-electron chi connectivity index (χ3n) is 4.88. The first-order chi connectivity index (χ1) is 15.8. The highest BCUT2D eigenvalue weighted by atomic mass is 16.4. The first-order valence-corrected chi connectivity index (χ1v) is 11.0. The average molecular weight is 488 g/mol. The Labute approximate surface area is 197 Å². The molecule has 194 valence electrons. The SMILES string of the molecule is CC(C)C(NC(=O)C(N)CC(N)=O)C(=O)NC(CCCCN)C(=O)NC(CCC(N)=O)C(=O)O. The van der Waals surface area contributed by atoms with Crippen LogP contribution in [0.3, 0.4) is 0 Å². The molecule has 0 aliphatic carbocycles. The van der Waals surface area contributed by atoms with Crippen LogP contribution in [0.25, 0.3) is 0 Å². The van der Waals surface area contributed by atoms with Crippen LogP contribution in [-0.2, 0) is 28.8 Å². The average Bonchev–Trinajstić information content (AvgIpc) is 2.72. The van der Waals surface area contributed by atoms with E-state index in [-0.39, 0.29) is 19.3 Å². The van der Waals surface area contributed by atoms with Crippen molar-refractivity contribution in [2.75, 3.05) is 6.54 Å². The van der Waals surface area contributed by atoms with Gasteiger partial charge in [0.15, 0.2) is 0 Å². The zero-order valence-electron chi connectivity index (χ0n) is 19.5. The van der Waals surface area contributed by atoms with Gasteiger partial charge < -0.3 is 44.0 Å². The molecule has 0 aliphatic heterocycles. The van der Waals surface area contributed by atoms with Gasteiger partial charge in [0.2, 0.25) is 29.5 Å². The molecule has 4 unspecified atom stereocenters. The van der Waals surface area contributed by atoms with Gasteiger partial charge in [0.1, 0.15) is 18.1 Å². The molecule has 34 heavy (non-hydrogen) atoms. The molecule has 0 aromatic carbocycles. The second-order valence-corrected chi connectivity index (χ2v) is 8.26. The zero-order valence-corrected chi connectivity index (χ0v) is 19.5. The van der Waals surface area contributed by atoms with Crippen molar-refractivity contribution in [2.45, 2.75) is 76.5 Å². The molecule has 14 nitrogen and oxygen atoms in total. The Balaban J connectivity index is 5.46. The second-order valence-electron chi connectivity index (χ2n) is 8.26. The molecule has 0 radical (unpaired) electrons. The largest absolute Gasteiger partial charge is 0.480 e. The first kappa shape index (κ1) is 30.7. The maximum atomic E-state index is 12.9. The van der Waals surface area contributed by atoms with Crippen molar-refractivity contribution in [3.63, 3.8) is 0 Å². The summed E-state index contributed by atoms with van der Waals surface area (Å²) in [7, 11) is 0. The van der Waals surface area contributed by atoms with E-state index in [4.69, 9.17) is 22.9 Å². The van der Waals surface area contributed by atoms with Gasteiger partial charge in [-0.15, -0.1) is 0 Å². The molecule has 4 atom stereocenters. The Morgan fingerprint density at radius 2 is 1.38 bits per heavy atom. The number of hydrogen-bond acceptors (Lipinski definition) is 8. The molecule has 0 fully saturated rings. The molecule has 5 amide bonds.